The van der Waals surface area contributed by atoms with Crippen molar-refractivity contribution in [3.05, 3.63) is 54.6 Å². The van der Waals surface area contributed by atoms with Gasteiger partial charge < -0.3 is 14.2 Å². The summed E-state index contributed by atoms with van der Waals surface area (Å²) in [5, 5.41) is 0.785. The van der Waals surface area contributed by atoms with Crippen LogP contribution in [0.4, 0.5) is 4.79 Å². The number of hydrogen-bond acceptors (Lipinski definition) is 7. The Morgan fingerprint density at radius 2 is 1.82 bits per heavy atom. The molecule has 3 atom stereocenters. The Labute approximate surface area is 197 Å². The van der Waals surface area contributed by atoms with Crippen LogP contribution in [0.15, 0.2) is 49.1 Å². The van der Waals surface area contributed by atoms with Crippen molar-refractivity contribution in [1.29, 1.82) is 0 Å². The van der Waals surface area contributed by atoms with Crippen LogP contribution in [0.1, 0.15) is 44.0 Å². The predicted octanol–water partition coefficient (Wildman–Crippen LogP) is 3.74. The lowest BCUT2D eigenvalue weighted by atomic mass is 9.92. The van der Waals surface area contributed by atoms with Crippen molar-refractivity contribution < 1.29 is 23.8 Å². The number of ether oxygens (including phenoxy) is 3. The Kier molecular flexibility index (Phi) is 5.73. The Bertz CT molecular complexity index is 1190. The summed E-state index contributed by atoms with van der Waals surface area (Å²) in [6.07, 6.45) is 6.96. The Morgan fingerprint density at radius 3 is 2.50 bits per heavy atom. The van der Waals surface area contributed by atoms with Crippen molar-refractivity contribution in [1.82, 2.24) is 19.4 Å². The number of morpholine rings is 1. The molecule has 4 heterocycles. The Hall–Kier alpha value is -3.46. The number of esters is 1. The monoisotopic (exact) mass is 464 g/mol. The van der Waals surface area contributed by atoms with Crippen molar-refractivity contribution in [2.45, 2.75) is 57.4 Å². The molecule has 2 bridgehead atoms. The van der Waals surface area contributed by atoms with E-state index in [1.165, 1.54) is 0 Å². The predicted molar refractivity (Wildman–Crippen MR) is 124 cm³/mol. The van der Waals surface area contributed by atoms with Gasteiger partial charge in [0.1, 0.15) is 11.7 Å². The van der Waals surface area contributed by atoms with Gasteiger partial charge in [-0.25, -0.2) is 14.6 Å². The number of piperidine rings is 1. The molecule has 2 aromatic heterocycles. The Balaban J connectivity index is 1.36. The minimum atomic E-state index is -0.576. The van der Waals surface area contributed by atoms with E-state index in [2.05, 4.69) is 9.97 Å². The molecule has 3 aromatic rings. The normalized spacial score (nSPS) is 22.4. The van der Waals surface area contributed by atoms with Gasteiger partial charge in [-0.3, -0.25) is 14.5 Å². The first-order chi connectivity index (χ1) is 16.3. The van der Waals surface area contributed by atoms with Crippen molar-refractivity contribution in [3.8, 4) is 5.82 Å². The quantitative estimate of drug-likeness (QED) is 0.545. The van der Waals surface area contributed by atoms with Crippen LogP contribution in [-0.4, -0.2) is 68.5 Å². The first-order valence-electron chi connectivity index (χ1n) is 11.5. The molecule has 0 radical (unpaired) electrons. The number of para-hydroxylation sites is 1. The summed E-state index contributed by atoms with van der Waals surface area (Å²) >= 11 is 0. The van der Waals surface area contributed by atoms with Crippen LogP contribution in [0, 0.1) is 0 Å². The zero-order valence-electron chi connectivity index (χ0n) is 19.5. The van der Waals surface area contributed by atoms with Gasteiger partial charge in [0.05, 0.1) is 42.6 Å². The fourth-order valence-electron chi connectivity index (χ4n) is 4.74. The van der Waals surface area contributed by atoms with E-state index in [0.29, 0.717) is 37.4 Å². The van der Waals surface area contributed by atoms with E-state index in [1.807, 2.05) is 49.6 Å². The minimum Gasteiger partial charge on any atom is -0.459 e. The summed E-state index contributed by atoms with van der Waals surface area (Å²) in [4.78, 5) is 36.3. The maximum absolute atomic E-state index is 13.3. The van der Waals surface area contributed by atoms with Gasteiger partial charge in [-0.15, -0.1) is 0 Å². The second-order valence-electron chi connectivity index (χ2n) is 9.72. The van der Waals surface area contributed by atoms with Gasteiger partial charge in [-0.05, 0) is 26.8 Å². The highest BCUT2D eigenvalue weighted by Crippen LogP contribution is 2.32. The third kappa shape index (κ3) is 4.35. The molecule has 0 aliphatic carbocycles. The van der Waals surface area contributed by atoms with Crippen LogP contribution in [-0.2, 0) is 14.2 Å². The van der Waals surface area contributed by atoms with E-state index in [1.54, 1.807) is 29.7 Å². The van der Waals surface area contributed by atoms with E-state index in [0.717, 1.165) is 10.9 Å². The molecule has 0 unspecified atom stereocenters. The fraction of sp³-hybridized carbons (Fsp3) is 0.440. The first kappa shape index (κ1) is 22.3. The molecule has 9 nitrogen and oxygen atoms in total. The third-order valence-electron chi connectivity index (χ3n) is 6.08. The molecular formula is C25H28N4O5. The number of aromatic nitrogens is 3. The average Bonchev–Trinajstić information content (AvgIpc) is 3.18. The highest BCUT2D eigenvalue weighted by molar-refractivity contribution is 6.04. The number of carbonyl (C=O) groups excluding carboxylic acids is 2. The number of amides is 1. The molecule has 2 aliphatic heterocycles. The molecular weight excluding hydrogens is 436 g/mol. The van der Waals surface area contributed by atoms with E-state index < -0.39 is 11.6 Å². The van der Waals surface area contributed by atoms with Gasteiger partial charge in [-0.2, -0.15) is 0 Å². The SMILES string of the molecule is CC(C)(C)OC(=O)N1[C@@H]2COC[C@H]1C[C@@H](OC(=O)c1cn(-c3cnccn3)c3ccccc13)C2. The maximum Gasteiger partial charge on any atom is 0.410 e. The lowest BCUT2D eigenvalue weighted by Gasteiger charge is -2.47. The molecule has 0 N–H and O–H groups in total. The van der Waals surface area contributed by atoms with E-state index in [9.17, 15) is 9.59 Å². The second kappa shape index (κ2) is 8.72. The number of nitrogens with zero attached hydrogens (tertiary/aromatic N) is 4. The molecule has 9 heteroatoms. The van der Waals surface area contributed by atoms with Gasteiger partial charge in [0.15, 0.2) is 5.82 Å². The smallest absolute Gasteiger partial charge is 0.410 e. The summed E-state index contributed by atoms with van der Waals surface area (Å²) in [6.45, 7) is 6.35. The maximum atomic E-state index is 13.3. The van der Waals surface area contributed by atoms with Crippen LogP contribution < -0.4 is 0 Å². The van der Waals surface area contributed by atoms with Crippen LogP contribution in [0.2, 0.25) is 0 Å². The molecule has 34 heavy (non-hydrogen) atoms. The van der Waals surface area contributed by atoms with Crippen molar-refractivity contribution in [2.24, 2.45) is 0 Å². The number of benzene rings is 1. The zero-order valence-corrected chi connectivity index (χ0v) is 19.5. The van der Waals surface area contributed by atoms with Crippen LogP contribution in [0.5, 0.6) is 0 Å². The Morgan fingerprint density at radius 1 is 1.09 bits per heavy atom. The first-order valence-corrected chi connectivity index (χ1v) is 11.5. The number of rotatable bonds is 3. The van der Waals surface area contributed by atoms with Crippen molar-refractivity contribution in [3.63, 3.8) is 0 Å². The molecule has 5 rings (SSSR count). The average molecular weight is 465 g/mol. The summed E-state index contributed by atoms with van der Waals surface area (Å²) in [5.41, 5.74) is 0.740. The standard InChI is InChI=1S/C25H28N4O5/c1-25(2,3)34-24(31)29-16-10-18(11-17(29)15-32-14-16)33-23(30)20-13-28(22-12-26-8-9-27-22)21-7-5-4-6-19(20)21/h4-9,12-13,16-18H,10-11,14-15H2,1-3H3/t16-,17+,18-. The molecule has 1 aromatic carbocycles. The molecule has 2 aliphatic rings. The molecule has 1 amide bonds. The van der Waals surface area contributed by atoms with Crippen LogP contribution >= 0.6 is 0 Å². The lowest BCUT2D eigenvalue weighted by molar-refractivity contribution is -0.106. The third-order valence-corrected chi connectivity index (χ3v) is 6.08. The van der Waals surface area contributed by atoms with Crippen molar-refractivity contribution >= 4 is 23.0 Å². The topological polar surface area (TPSA) is 95.8 Å². The summed E-state index contributed by atoms with van der Waals surface area (Å²) in [7, 11) is 0. The fourth-order valence-corrected chi connectivity index (χ4v) is 4.74. The zero-order chi connectivity index (χ0) is 23.9. The molecule has 0 saturated carbocycles. The molecule has 2 saturated heterocycles. The van der Waals surface area contributed by atoms with Crippen LogP contribution in [0.25, 0.3) is 16.7 Å². The minimum absolute atomic E-state index is 0.193. The highest BCUT2D eigenvalue weighted by Gasteiger charge is 2.44. The van der Waals surface area contributed by atoms with E-state index in [4.69, 9.17) is 14.2 Å². The van der Waals surface area contributed by atoms with E-state index >= 15 is 0 Å². The summed E-state index contributed by atoms with van der Waals surface area (Å²) in [5.74, 6) is 0.226. The molecule has 178 valence electrons. The van der Waals surface area contributed by atoms with Gasteiger partial charge in [-0.1, -0.05) is 18.2 Å². The lowest BCUT2D eigenvalue weighted by Crippen LogP contribution is -2.61. The van der Waals surface area contributed by atoms with Gasteiger partial charge in [0.25, 0.3) is 0 Å². The number of hydrogen-bond donors (Lipinski definition) is 0. The number of carbonyl (C=O) groups is 2. The summed E-state index contributed by atoms with van der Waals surface area (Å²) < 4.78 is 19.1. The van der Waals surface area contributed by atoms with Gasteiger partial charge >= 0.3 is 12.1 Å². The van der Waals surface area contributed by atoms with E-state index in [-0.39, 0.29) is 24.3 Å². The highest BCUT2D eigenvalue weighted by atomic mass is 16.6. The largest absolute Gasteiger partial charge is 0.459 e. The van der Waals surface area contributed by atoms with Gasteiger partial charge in [0.2, 0.25) is 0 Å². The molecule has 2 fully saturated rings. The van der Waals surface area contributed by atoms with Gasteiger partial charge in [0, 0.05) is 36.8 Å². The second-order valence-corrected chi connectivity index (χ2v) is 9.72. The van der Waals surface area contributed by atoms with Crippen molar-refractivity contribution in [2.75, 3.05) is 13.2 Å². The summed E-state index contributed by atoms with van der Waals surface area (Å²) in [6, 6.07) is 7.25. The number of fused-ring (bicyclic) bond motifs is 3. The van der Waals surface area contributed by atoms with Crippen LogP contribution in [0.3, 0.4) is 0 Å². The molecule has 0 spiro atoms.